The standard InChI is InChI=1S/C21H19BrN4O2S/c22-16-5-8-19(23-14-16)25-9-11-26(12-10-25)21(28)15-3-6-17(7-4-15)24-20(27)18-2-1-13-29-18/h1-8,13-14H,9-12H2,(H,24,27). The number of thiophene rings is 1. The Morgan fingerprint density at radius 2 is 1.76 bits per heavy atom. The number of benzene rings is 1. The molecule has 1 saturated heterocycles. The molecule has 0 unspecified atom stereocenters. The van der Waals surface area contributed by atoms with Crippen LogP contribution in [0.1, 0.15) is 20.0 Å². The zero-order valence-electron chi connectivity index (χ0n) is 15.5. The van der Waals surface area contributed by atoms with E-state index in [1.807, 2.05) is 28.5 Å². The molecule has 2 aromatic heterocycles. The molecule has 8 heteroatoms. The Morgan fingerprint density at radius 1 is 1.00 bits per heavy atom. The molecule has 6 nitrogen and oxygen atoms in total. The van der Waals surface area contributed by atoms with Crippen molar-refractivity contribution in [2.75, 3.05) is 36.4 Å². The lowest BCUT2D eigenvalue weighted by Crippen LogP contribution is -2.49. The van der Waals surface area contributed by atoms with E-state index in [1.54, 1.807) is 36.5 Å². The lowest BCUT2D eigenvalue weighted by Gasteiger charge is -2.35. The molecule has 0 radical (unpaired) electrons. The number of halogens is 1. The summed E-state index contributed by atoms with van der Waals surface area (Å²) in [5.74, 6) is 0.785. The highest BCUT2D eigenvalue weighted by Crippen LogP contribution is 2.19. The third kappa shape index (κ3) is 4.65. The summed E-state index contributed by atoms with van der Waals surface area (Å²) in [4.78, 5) is 34.0. The summed E-state index contributed by atoms with van der Waals surface area (Å²) in [6.45, 7) is 2.78. The molecule has 1 N–H and O–H groups in total. The molecular formula is C21H19BrN4O2S. The van der Waals surface area contributed by atoms with Crippen LogP contribution in [0.25, 0.3) is 0 Å². The van der Waals surface area contributed by atoms with Gasteiger partial charge in [-0.1, -0.05) is 6.07 Å². The summed E-state index contributed by atoms with van der Waals surface area (Å²) in [7, 11) is 0. The van der Waals surface area contributed by atoms with Crippen molar-refractivity contribution in [3.05, 3.63) is 75.0 Å². The van der Waals surface area contributed by atoms with Gasteiger partial charge in [-0.2, -0.15) is 0 Å². The zero-order chi connectivity index (χ0) is 20.2. The summed E-state index contributed by atoms with van der Waals surface area (Å²) >= 11 is 4.79. The van der Waals surface area contributed by atoms with Crippen LogP contribution in [0.5, 0.6) is 0 Å². The maximum absolute atomic E-state index is 12.8. The Hall–Kier alpha value is -2.71. The normalized spacial score (nSPS) is 14.0. The number of nitrogens with one attached hydrogen (secondary N) is 1. The number of carbonyl (C=O) groups is 2. The monoisotopic (exact) mass is 470 g/mol. The van der Waals surface area contributed by atoms with Gasteiger partial charge in [0, 0.05) is 48.1 Å². The van der Waals surface area contributed by atoms with Crippen LogP contribution >= 0.6 is 27.3 Å². The fraction of sp³-hybridized carbons (Fsp3) is 0.190. The number of nitrogens with zero attached hydrogens (tertiary/aromatic N) is 3. The summed E-state index contributed by atoms with van der Waals surface area (Å²) < 4.78 is 0.949. The van der Waals surface area contributed by atoms with Gasteiger partial charge in [-0.3, -0.25) is 9.59 Å². The topological polar surface area (TPSA) is 65.5 Å². The molecular weight excluding hydrogens is 452 g/mol. The minimum absolute atomic E-state index is 0.00421. The Balaban J connectivity index is 1.34. The SMILES string of the molecule is O=C(Nc1ccc(C(=O)N2CCN(c3ccc(Br)cn3)CC2)cc1)c1cccs1. The molecule has 1 aliphatic heterocycles. The van der Waals surface area contributed by atoms with Crippen LogP contribution in [0.2, 0.25) is 0 Å². The number of aromatic nitrogens is 1. The average Bonchev–Trinajstić information content (AvgIpc) is 3.30. The van der Waals surface area contributed by atoms with Gasteiger partial charge in [0.2, 0.25) is 0 Å². The van der Waals surface area contributed by atoms with Gasteiger partial charge in [0.1, 0.15) is 5.82 Å². The maximum atomic E-state index is 12.8. The van der Waals surface area contributed by atoms with E-state index in [4.69, 9.17) is 0 Å². The van der Waals surface area contributed by atoms with Crippen LogP contribution in [-0.2, 0) is 0 Å². The van der Waals surface area contributed by atoms with E-state index in [-0.39, 0.29) is 11.8 Å². The third-order valence-electron chi connectivity index (χ3n) is 4.74. The molecule has 0 saturated carbocycles. The van der Waals surface area contributed by atoms with E-state index in [0.717, 1.165) is 23.4 Å². The average molecular weight is 471 g/mol. The van der Waals surface area contributed by atoms with Crippen LogP contribution in [-0.4, -0.2) is 47.9 Å². The molecule has 3 aromatic rings. The highest BCUT2D eigenvalue weighted by Gasteiger charge is 2.23. The number of anilines is 2. The lowest BCUT2D eigenvalue weighted by atomic mass is 10.1. The van der Waals surface area contributed by atoms with Gasteiger partial charge in [-0.15, -0.1) is 11.3 Å². The van der Waals surface area contributed by atoms with Gasteiger partial charge in [-0.25, -0.2) is 4.98 Å². The first-order valence-corrected chi connectivity index (χ1v) is 10.9. The fourth-order valence-electron chi connectivity index (χ4n) is 3.17. The maximum Gasteiger partial charge on any atom is 0.265 e. The first-order chi connectivity index (χ1) is 14.1. The van der Waals surface area contributed by atoms with Crippen molar-refractivity contribution in [2.24, 2.45) is 0 Å². The summed E-state index contributed by atoms with van der Waals surface area (Å²) in [6, 6.07) is 14.6. The first kappa shape index (κ1) is 19.6. The smallest absolute Gasteiger partial charge is 0.265 e. The lowest BCUT2D eigenvalue weighted by molar-refractivity contribution is 0.0746. The van der Waals surface area contributed by atoms with Gasteiger partial charge in [0.25, 0.3) is 11.8 Å². The molecule has 1 aliphatic rings. The number of hydrogen-bond acceptors (Lipinski definition) is 5. The highest BCUT2D eigenvalue weighted by atomic mass is 79.9. The molecule has 29 heavy (non-hydrogen) atoms. The first-order valence-electron chi connectivity index (χ1n) is 9.21. The minimum Gasteiger partial charge on any atom is -0.353 e. The largest absolute Gasteiger partial charge is 0.353 e. The van der Waals surface area contributed by atoms with E-state index in [2.05, 4.69) is 31.1 Å². The van der Waals surface area contributed by atoms with E-state index < -0.39 is 0 Å². The van der Waals surface area contributed by atoms with Crippen molar-refractivity contribution in [3.8, 4) is 0 Å². The Morgan fingerprint density at radius 3 is 2.38 bits per heavy atom. The van der Waals surface area contributed by atoms with Crippen LogP contribution < -0.4 is 10.2 Å². The number of amides is 2. The molecule has 148 valence electrons. The second kappa shape index (κ2) is 8.75. The van der Waals surface area contributed by atoms with Crippen molar-refractivity contribution >= 4 is 50.6 Å². The second-order valence-electron chi connectivity index (χ2n) is 6.62. The van der Waals surface area contributed by atoms with Gasteiger partial charge < -0.3 is 15.1 Å². The van der Waals surface area contributed by atoms with E-state index in [0.29, 0.717) is 29.2 Å². The molecule has 4 rings (SSSR count). The summed E-state index contributed by atoms with van der Waals surface area (Å²) in [6.07, 6.45) is 1.78. The predicted molar refractivity (Wildman–Crippen MR) is 119 cm³/mol. The number of rotatable bonds is 4. The molecule has 3 heterocycles. The van der Waals surface area contributed by atoms with Gasteiger partial charge in [-0.05, 0) is 63.8 Å². The molecule has 0 aliphatic carbocycles. The van der Waals surface area contributed by atoms with Crippen LogP contribution in [0.3, 0.4) is 0 Å². The molecule has 1 fully saturated rings. The quantitative estimate of drug-likeness (QED) is 0.622. The van der Waals surface area contributed by atoms with Gasteiger partial charge >= 0.3 is 0 Å². The van der Waals surface area contributed by atoms with Crippen LogP contribution in [0.15, 0.2) is 64.6 Å². The molecule has 0 bridgehead atoms. The van der Waals surface area contributed by atoms with Gasteiger partial charge in [0.15, 0.2) is 0 Å². The van der Waals surface area contributed by atoms with E-state index >= 15 is 0 Å². The molecule has 0 spiro atoms. The van der Waals surface area contributed by atoms with Crippen LogP contribution in [0, 0.1) is 0 Å². The fourth-order valence-corrected chi connectivity index (χ4v) is 4.03. The van der Waals surface area contributed by atoms with E-state index in [9.17, 15) is 9.59 Å². The minimum atomic E-state index is -0.142. The zero-order valence-corrected chi connectivity index (χ0v) is 17.9. The number of hydrogen-bond donors (Lipinski definition) is 1. The Labute approximate surface area is 181 Å². The van der Waals surface area contributed by atoms with Crippen molar-refractivity contribution in [2.45, 2.75) is 0 Å². The predicted octanol–water partition coefficient (Wildman–Crippen LogP) is 4.12. The number of carbonyl (C=O) groups excluding carboxylic acids is 2. The Kier molecular flexibility index (Phi) is 5.92. The van der Waals surface area contributed by atoms with Crippen molar-refractivity contribution in [3.63, 3.8) is 0 Å². The second-order valence-corrected chi connectivity index (χ2v) is 8.49. The third-order valence-corrected chi connectivity index (χ3v) is 6.08. The summed E-state index contributed by atoms with van der Waals surface area (Å²) in [5, 5.41) is 4.71. The Bertz CT molecular complexity index is 983. The van der Waals surface area contributed by atoms with Crippen molar-refractivity contribution < 1.29 is 9.59 Å². The number of piperazine rings is 1. The summed E-state index contributed by atoms with van der Waals surface area (Å²) in [5.41, 5.74) is 1.29. The molecule has 2 amide bonds. The van der Waals surface area contributed by atoms with Gasteiger partial charge in [0.05, 0.1) is 4.88 Å². The number of pyridine rings is 1. The van der Waals surface area contributed by atoms with E-state index in [1.165, 1.54) is 11.3 Å². The van der Waals surface area contributed by atoms with Crippen LogP contribution in [0.4, 0.5) is 11.5 Å². The molecule has 0 atom stereocenters. The van der Waals surface area contributed by atoms with Crippen molar-refractivity contribution in [1.29, 1.82) is 0 Å². The molecule has 1 aromatic carbocycles. The van der Waals surface area contributed by atoms with Crippen molar-refractivity contribution in [1.82, 2.24) is 9.88 Å². The highest BCUT2D eigenvalue weighted by molar-refractivity contribution is 9.10.